The summed E-state index contributed by atoms with van der Waals surface area (Å²) in [5.74, 6) is 0.0676. The van der Waals surface area contributed by atoms with Crippen molar-refractivity contribution in [2.45, 2.75) is 6.61 Å². The highest BCUT2D eigenvalue weighted by molar-refractivity contribution is 8.19. The van der Waals surface area contributed by atoms with Gasteiger partial charge in [-0.25, -0.2) is 9.38 Å². The van der Waals surface area contributed by atoms with E-state index >= 15 is 0 Å². The molecule has 4 aromatic carbocycles. The van der Waals surface area contributed by atoms with Gasteiger partial charge in [0.15, 0.2) is 5.17 Å². The Kier molecular flexibility index (Phi) is 7.16. The SMILES string of the molecule is O=C1/C(=C\c2cc(Cl)ccc2OCc2ccc(F)cc2)SC(=Nc2ccccc2)N1c1ccccc1. The molecule has 1 aliphatic heterocycles. The molecule has 1 amide bonds. The molecular weight excluding hydrogens is 495 g/mol. The summed E-state index contributed by atoms with van der Waals surface area (Å²) in [5, 5.41) is 1.07. The molecule has 0 radical (unpaired) electrons. The lowest BCUT2D eigenvalue weighted by Crippen LogP contribution is -2.28. The molecule has 1 aliphatic rings. The van der Waals surface area contributed by atoms with Crippen molar-refractivity contribution >= 4 is 51.9 Å². The minimum Gasteiger partial charge on any atom is -0.488 e. The molecule has 0 saturated carbocycles. The van der Waals surface area contributed by atoms with Crippen molar-refractivity contribution in [1.29, 1.82) is 0 Å². The topological polar surface area (TPSA) is 41.9 Å². The number of nitrogens with zero attached hydrogens (tertiary/aromatic N) is 2. The molecule has 4 nitrogen and oxygen atoms in total. The quantitative estimate of drug-likeness (QED) is 0.246. The first kappa shape index (κ1) is 23.9. The lowest BCUT2D eigenvalue weighted by molar-refractivity contribution is -0.113. The molecule has 1 heterocycles. The molecule has 0 aliphatic carbocycles. The lowest BCUT2D eigenvalue weighted by atomic mass is 10.1. The summed E-state index contributed by atoms with van der Waals surface area (Å²) >= 11 is 7.57. The van der Waals surface area contributed by atoms with Crippen LogP contribution < -0.4 is 9.64 Å². The number of anilines is 1. The third kappa shape index (κ3) is 5.51. The predicted molar refractivity (Wildman–Crippen MR) is 145 cm³/mol. The van der Waals surface area contributed by atoms with Crippen LogP contribution in [0.15, 0.2) is 113 Å². The fraction of sp³-hybridized carbons (Fsp3) is 0.0345. The molecule has 0 N–H and O–H groups in total. The average Bonchev–Trinajstić information content (AvgIpc) is 3.19. The first-order valence-corrected chi connectivity index (χ1v) is 12.4. The second-order valence-electron chi connectivity index (χ2n) is 7.91. The molecule has 1 saturated heterocycles. The molecular formula is C29H20ClFN2O2S. The van der Waals surface area contributed by atoms with Gasteiger partial charge in [-0.15, -0.1) is 0 Å². The van der Waals surface area contributed by atoms with Gasteiger partial charge in [-0.3, -0.25) is 9.69 Å². The van der Waals surface area contributed by atoms with Crippen LogP contribution in [0.25, 0.3) is 6.08 Å². The maximum Gasteiger partial charge on any atom is 0.271 e. The van der Waals surface area contributed by atoms with Crippen LogP contribution in [-0.2, 0) is 11.4 Å². The second-order valence-corrected chi connectivity index (χ2v) is 9.36. The molecule has 7 heteroatoms. The van der Waals surface area contributed by atoms with Crippen LogP contribution in [0.4, 0.5) is 15.8 Å². The van der Waals surface area contributed by atoms with E-state index in [1.165, 1.54) is 23.9 Å². The number of hydrogen-bond acceptors (Lipinski definition) is 4. The third-order valence-corrected chi connectivity index (χ3v) is 6.57. The predicted octanol–water partition coefficient (Wildman–Crippen LogP) is 7.87. The number of amidine groups is 1. The van der Waals surface area contributed by atoms with Crippen LogP contribution in [0.1, 0.15) is 11.1 Å². The molecule has 36 heavy (non-hydrogen) atoms. The van der Waals surface area contributed by atoms with Gasteiger partial charge in [0, 0.05) is 10.6 Å². The highest BCUT2D eigenvalue weighted by atomic mass is 35.5. The largest absolute Gasteiger partial charge is 0.488 e. The molecule has 4 aromatic rings. The molecule has 1 fully saturated rings. The first-order chi connectivity index (χ1) is 17.6. The molecule has 0 spiro atoms. The minimum absolute atomic E-state index is 0.189. The van der Waals surface area contributed by atoms with E-state index in [2.05, 4.69) is 0 Å². The fourth-order valence-corrected chi connectivity index (χ4v) is 4.79. The van der Waals surface area contributed by atoms with Gasteiger partial charge >= 0.3 is 0 Å². The fourth-order valence-electron chi connectivity index (χ4n) is 3.61. The number of para-hydroxylation sites is 2. The number of amides is 1. The van der Waals surface area contributed by atoms with Crippen LogP contribution in [0.5, 0.6) is 5.75 Å². The van der Waals surface area contributed by atoms with Crippen molar-refractivity contribution in [2.75, 3.05) is 4.90 Å². The molecule has 0 atom stereocenters. The van der Waals surface area contributed by atoms with Crippen molar-refractivity contribution in [2.24, 2.45) is 4.99 Å². The maximum atomic E-state index is 13.6. The van der Waals surface area contributed by atoms with E-state index in [0.717, 1.165) is 16.9 Å². The number of thioether (sulfide) groups is 1. The van der Waals surface area contributed by atoms with Crippen molar-refractivity contribution in [1.82, 2.24) is 0 Å². The van der Waals surface area contributed by atoms with E-state index in [1.54, 1.807) is 41.3 Å². The van der Waals surface area contributed by atoms with E-state index in [-0.39, 0.29) is 18.3 Å². The number of benzene rings is 4. The molecule has 0 bridgehead atoms. The number of rotatable bonds is 6. The second kappa shape index (κ2) is 10.8. The Bertz CT molecular complexity index is 1440. The van der Waals surface area contributed by atoms with Crippen molar-refractivity contribution in [3.63, 3.8) is 0 Å². The zero-order chi connectivity index (χ0) is 24.9. The van der Waals surface area contributed by atoms with E-state index in [0.29, 0.717) is 26.4 Å². The average molecular weight is 515 g/mol. The number of halogens is 2. The summed E-state index contributed by atoms with van der Waals surface area (Å²) in [6.45, 7) is 0.246. The maximum absolute atomic E-state index is 13.6. The van der Waals surface area contributed by atoms with Gasteiger partial charge in [-0.1, -0.05) is 60.1 Å². The Hall–Kier alpha value is -3.87. The highest BCUT2D eigenvalue weighted by Crippen LogP contribution is 2.38. The summed E-state index contributed by atoms with van der Waals surface area (Å²) in [4.78, 5) is 20.4. The summed E-state index contributed by atoms with van der Waals surface area (Å²) < 4.78 is 19.2. The molecule has 0 aromatic heterocycles. The summed E-state index contributed by atoms with van der Waals surface area (Å²) in [7, 11) is 0. The minimum atomic E-state index is -0.302. The van der Waals surface area contributed by atoms with Crippen LogP contribution in [0, 0.1) is 5.82 Å². The van der Waals surface area contributed by atoms with Gasteiger partial charge in [-0.05, 0) is 78.0 Å². The number of carbonyl (C=O) groups is 1. The zero-order valence-electron chi connectivity index (χ0n) is 19.0. The number of aliphatic imine (C=N–C) groups is 1. The van der Waals surface area contributed by atoms with E-state index in [4.69, 9.17) is 21.3 Å². The lowest BCUT2D eigenvalue weighted by Gasteiger charge is -2.15. The van der Waals surface area contributed by atoms with Gasteiger partial charge in [0.25, 0.3) is 5.91 Å². The van der Waals surface area contributed by atoms with Crippen molar-refractivity contribution < 1.29 is 13.9 Å². The number of ether oxygens (including phenoxy) is 1. The van der Waals surface area contributed by atoms with Crippen molar-refractivity contribution in [3.8, 4) is 5.75 Å². The van der Waals surface area contributed by atoms with Crippen LogP contribution in [0.2, 0.25) is 5.02 Å². The Morgan fingerprint density at radius 3 is 2.33 bits per heavy atom. The van der Waals surface area contributed by atoms with Gasteiger partial charge < -0.3 is 4.74 Å². The first-order valence-electron chi connectivity index (χ1n) is 11.2. The van der Waals surface area contributed by atoms with Crippen LogP contribution >= 0.6 is 23.4 Å². The molecule has 178 valence electrons. The standard InChI is InChI=1S/C29H20ClFN2O2S/c30-22-13-16-26(35-19-20-11-14-23(31)15-12-20)21(17-22)18-27-28(34)33(25-9-5-2-6-10-25)29(36-27)32-24-7-3-1-4-8-24/h1-18H,19H2/b27-18+,32-29?. The van der Waals surface area contributed by atoms with Crippen LogP contribution in [-0.4, -0.2) is 11.1 Å². The monoisotopic (exact) mass is 514 g/mol. The summed E-state index contributed by atoms with van der Waals surface area (Å²) in [5.41, 5.74) is 2.96. The van der Waals surface area contributed by atoms with Gasteiger partial charge in [0.2, 0.25) is 0 Å². The smallest absolute Gasteiger partial charge is 0.271 e. The molecule has 5 rings (SSSR count). The molecule has 0 unspecified atom stereocenters. The Morgan fingerprint density at radius 1 is 0.917 bits per heavy atom. The normalized spacial score (nSPS) is 15.6. The van der Waals surface area contributed by atoms with Gasteiger partial charge in [-0.2, -0.15) is 0 Å². The Balaban J connectivity index is 1.49. The third-order valence-electron chi connectivity index (χ3n) is 5.37. The van der Waals surface area contributed by atoms with Gasteiger partial charge in [0.05, 0.1) is 16.3 Å². The Morgan fingerprint density at radius 2 is 1.61 bits per heavy atom. The van der Waals surface area contributed by atoms with Crippen molar-refractivity contribution in [3.05, 3.63) is 130 Å². The van der Waals surface area contributed by atoms with E-state index in [1.807, 2.05) is 60.7 Å². The highest BCUT2D eigenvalue weighted by Gasteiger charge is 2.35. The number of carbonyl (C=O) groups excluding carboxylic acids is 1. The Labute approximate surface area is 217 Å². The van der Waals surface area contributed by atoms with Gasteiger partial charge in [0.1, 0.15) is 18.2 Å². The van der Waals surface area contributed by atoms with E-state index in [9.17, 15) is 9.18 Å². The number of hydrogen-bond donors (Lipinski definition) is 0. The van der Waals surface area contributed by atoms with E-state index < -0.39 is 0 Å². The zero-order valence-corrected chi connectivity index (χ0v) is 20.5. The summed E-state index contributed by atoms with van der Waals surface area (Å²) in [6, 6.07) is 30.3. The summed E-state index contributed by atoms with van der Waals surface area (Å²) in [6.07, 6.45) is 1.77. The van der Waals surface area contributed by atoms with Crippen LogP contribution in [0.3, 0.4) is 0 Å².